The van der Waals surface area contributed by atoms with E-state index < -0.39 is 0 Å². The van der Waals surface area contributed by atoms with Gasteiger partial charge >= 0.3 is 0 Å². The third-order valence-corrected chi connectivity index (χ3v) is 5.39. The van der Waals surface area contributed by atoms with Crippen LogP contribution in [0.25, 0.3) is 0 Å². The quantitative estimate of drug-likeness (QED) is 0.584. The Hall–Kier alpha value is -0.500. The van der Waals surface area contributed by atoms with Crippen molar-refractivity contribution in [3.8, 4) is 5.75 Å². The van der Waals surface area contributed by atoms with Crippen LogP contribution >= 0.6 is 15.9 Å². The highest BCUT2D eigenvalue weighted by Gasteiger charge is 2.26. The first-order valence-corrected chi connectivity index (χ1v) is 8.39. The molecule has 0 atom stereocenters. The molecule has 0 aliphatic carbocycles. The monoisotopic (exact) mass is 326 g/mol. The number of ether oxygens (including phenoxy) is 1. The van der Waals surface area contributed by atoms with E-state index in [9.17, 15) is 0 Å². The fraction of sp³-hybridized carbons (Fsp3) is 0.647. The van der Waals surface area contributed by atoms with Crippen molar-refractivity contribution in [3.63, 3.8) is 0 Å². The van der Waals surface area contributed by atoms with Crippen LogP contribution in [0.4, 0.5) is 0 Å². The molecule has 0 aromatic heterocycles. The molecule has 0 unspecified atom stereocenters. The number of aryl methyl sites for hydroxylation is 1. The molecule has 0 bridgehead atoms. The Bertz CT molecular complexity index is 386. The highest BCUT2D eigenvalue weighted by Crippen LogP contribution is 2.31. The second-order valence-electron chi connectivity index (χ2n) is 5.81. The van der Waals surface area contributed by atoms with E-state index >= 15 is 0 Å². The van der Waals surface area contributed by atoms with E-state index in [1.165, 1.54) is 11.1 Å². The van der Waals surface area contributed by atoms with Crippen molar-refractivity contribution in [2.24, 2.45) is 5.41 Å². The van der Waals surface area contributed by atoms with Crippen LogP contribution in [0.1, 0.15) is 57.6 Å². The van der Waals surface area contributed by atoms with Gasteiger partial charge in [-0.15, -0.1) is 0 Å². The molecular weight excluding hydrogens is 300 g/mol. The van der Waals surface area contributed by atoms with Crippen LogP contribution in [-0.4, -0.2) is 11.9 Å². The highest BCUT2D eigenvalue weighted by molar-refractivity contribution is 9.09. The van der Waals surface area contributed by atoms with Gasteiger partial charge in [0, 0.05) is 10.7 Å². The van der Waals surface area contributed by atoms with Gasteiger partial charge in [0.1, 0.15) is 5.75 Å². The first-order chi connectivity index (χ1) is 8.98. The summed E-state index contributed by atoms with van der Waals surface area (Å²) in [5.74, 6) is 1.58. The minimum absolute atomic E-state index is 0.250. The summed E-state index contributed by atoms with van der Waals surface area (Å²) in [5.41, 5.74) is 2.82. The van der Waals surface area contributed by atoms with Crippen LogP contribution in [0.15, 0.2) is 18.2 Å². The molecule has 0 spiro atoms. The van der Waals surface area contributed by atoms with Crippen molar-refractivity contribution in [1.82, 2.24) is 0 Å². The fourth-order valence-corrected chi connectivity index (χ4v) is 3.00. The van der Waals surface area contributed by atoms with Crippen molar-refractivity contribution < 1.29 is 4.74 Å². The molecule has 0 heterocycles. The first-order valence-electron chi connectivity index (χ1n) is 7.27. The van der Waals surface area contributed by atoms with Gasteiger partial charge in [0.05, 0.1) is 6.61 Å². The average molecular weight is 327 g/mol. The van der Waals surface area contributed by atoms with Gasteiger partial charge < -0.3 is 4.74 Å². The number of rotatable bonds is 7. The lowest BCUT2D eigenvalue weighted by molar-refractivity contribution is 0.157. The molecule has 0 saturated heterocycles. The summed E-state index contributed by atoms with van der Waals surface area (Å²) in [6.45, 7) is 11.8. The normalized spacial score (nSPS) is 11.9. The van der Waals surface area contributed by atoms with Crippen LogP contribution in [-0.2, 0) is 0 Å². The number of benzene rings is 1. The van der Waals surface area contributed by atoms with Crippen LogP contribution in [0.2, 0.25) is 0 Å². The standard InChI is InChI=1S/C17H27BrO/c1-6-17(7-2,11-18)12-19-16-10-15(13(3)4)9-8-14(16)5/h8-10,13H,6-7,11-12H2,1-5H3. The van der Waals surface area contributed by atoms with E-state index in [0.717, 1.165) is 30.5 Å². The van der Waals surface area contributed by atoms with Crippen molar-refractivity contribution in [3.05, 3.63) is 29.3 Å². The molecule has 0 fully saturated rings. The molecule has 1 nitrogen and oxygen atoms in total. The largest absolute Gasteiger partial charge is 0.493 e. The predicted octanol–water partition coefficient (Wildman–Crippen LogP) is 5.70. The Balaban J connectivity index is 2.84. The molecular formula is C17H27BrO. The summed E-state index contributed by atoms with van der Waals surface area (Å²) in [6.07, 6.45) is 2.27. The van der Waals surface area contributed by atoms with Crippen LogP contribution < -0.4 is 4.74 Å². The number of hydrogen-bond acceptors (Lipinski definition) is 1. The molecule has 0 saturated carbocycles. The van der Waals surface area contributed by atoms with Crippen molar-refractivity contribution in [2.45, 2.75) is 53.4 Å². The van der Waals surface area contributed by atoms with E-state index in [1.807, 2.05) is 0 Å². The molecule has 0 amide bonds. The first kappa shape index (κ1) is 16.6. The number of halogens is 1. The third kappa shape index (κ3) is 4.24. The number of alkyl halides is 1. The van der Waals surface area contributed by atoms with Gasteiger partial charge in [0.15, 0.2) is 0 Å². The summed E-state index contributed by atoms with van der Waals surface area (Å²) in [6, 6.07) is 6.56. The Kier molecular flexibility index (Phi) is 6.38. The molecule has 0 radical (unpaired) electrons. The van der Waals surface area contributed by atoms with Gasteiger partial charge in [0.2, 0.25) is 0 Å². The zero-order chi connectivity index (χ0) is 14.5. The highest BCUT2D eigenvalue weighted by atomic mass is 79.9. The summed E-state index contributed by atoms with van der Waals surface area (Å²) in [7, 11) is 0. The second-order valence-corrected chi connectivity index (χ2v) is 6.37. The maximum absolute atomic E-state index is 6.14. The van der Waals surface area contributed by atoms with Crippen molar-refractivity contribution >= 4 is 15.9 Å². The smallest absolute Gasteiger partial charge is 0.122 e. The molecule has 2 heteroatoms. The van der Waals surface area contributed by atoms with Gasteiger partial charge in [-0.1, -0.05) is 55.8 Å². The lowest BCUT2D eigenvalue weighted by Crippen LogP contribution is -2.29. The molecule has 1 aromatic carbocycles. The lowest BCUT2D eigenvalue weighted by Gasteiger charge is -2.29. The minimum Gasteiger partial charge on any atom is -0.493 e. The Morgan fingerprint density at radius 2 is 1.84 bits per heavy atom. The average Bonchev–Trinajstić information content (AvgIpc) is 2.42. The summed E-state index contributed by atoms with van der Waals surface area (Å²) < 4.78 is 6.14. The molecule has 108 valence electrons. The van der Waals surface area contributed by atoms with Crippen LogP contribution in [0, 0.1) is 12.3 Å². The van der Waals surface area contributed by atoms with Gasteiger partial charge in [0.25, 0.3) is 0 Å². The number of hydrogen-bond donors (Lipinski definition) is 0. The van der Waals surface area contributed by atoms with E-state index in [-0.39, 0.29) is 5.41 Å². The van der Waals surface area contributed by atoms with Gasteiger partial charge in [-0.05, 0) is 42.9 Å². The maximum Gasteiger partial charge on any atom is 0.122 e. The summed E-state index contributed by atoms with van der Waals surface area (Å²) in [5, 5.41) is 0.996. The SMILES string of the molecule is CCC(CC)(CBr)COc1cc(C(C)C)ccc1C. The molecule has 1 aromatic rings. The fourth-order valence-electron chi connectivity index (χ4n) is 2.04. The maximum atomic E-state index is 6.14. The minimum atomic E-state index is 0.250. The molecule has 0 aliphatic heterocycles. The Morgan fingerprint density at radius 1 is 1.21 bits per heavy atom. The zero-order valence-corrected chi connectivity index (χ0v) is 14.5. The zero-order valence-electron chi connectivity index (χ0n) is 12.9. The predicted molar refractivity (Wildman–Crippen MR) is 87.6 cm³/mol. The topological polar surface area (TPSA) is 9.23 Å². The molecule has 19 heavy (non-hydrogen) atoms. The van der Waals surface area contributed by atoms with E-state index in [2.05, 4.69) is 68.7 Å². The van der Waals surface area contributed by atoms with Crippen molar-refractivity contribution in [2.75, 3.05) is 11.9 Å². The van der Waals surface area contributed by atoms with Gasteiger partial charge in [-0.2, -0.15) is 0 Å². The summed E-state index contributed by atoms with van der Waals surface area (Å²) in [4.78, 5) is 0. The van der Waals surface area contributed by atoms with E-state index in [4.69, 9.17) is 4.74 Å². The van der Waals surface area contributed by atoms with Gasteiger partial charge in [-0.25, -0.2) is 0 Å². The van der Waals surface area contributed by atoms with Crippen molar-refractivity contribution in [1.29, 1.82) is 0 Å². The van der Waals surface area contributed by atoms with E-state index in [1.54, 1.807) is 0 Å². The van der Waals surface area contributed by atoms with Crippen LogP contribution in [0.5, 0.6) is 5.75 Å². The molecule has 0 aliphatic rings. The Labute approximate surface area is 126 Å². The van der Waals surface area contributed by atoms with Crippen LogP contribution in [0.3, 0.4) is 0 Å². The molecule has 1 rings (SSSR count). The third-order valence-electron chi connectivity index (χ3n) is 4.20. The lowest BCUT2D eigenvalue weighted by atomic mass is 9.86. The van der Waals surface area contributed by atoms with Gasteiger partial charge in [-0.3, -0.25) is 0 Å². The Morgan fingerprint density at radius 3 is 2.32 bits per heavy atom. The molecule has 0 N–H and O–H groups in total. The van der Waals surface area contributed by atoms with E-state index in [0.29, 0.717) is 5.92 Å². The second kappa shape index (κ2) is 7.33. The summed E-state index contributed by atoms with van der Waals surface area (Å²) >= 11 is 3.64.